The number of ether oxygens (including phenoxy) is 2. The summed E-state index contributed by atoms with van der Waals surface area (Å²) in [7, 11) is 0. The number of nitrogen functional groups attached to an aromatic ring is 1. The molecular formula is C20H26N4O3. The zero-order valence-electron chi connectivity index (χ0n) is 15.9. The maximum absolute atomic E-state index is 12.8. The van der Waals surface area contributed by atoms with Crippen LogP contribution < -0.4 is 15.2 Å². The Labute approximate surface area is 159 Å². The quantitative estimate of drug-likeness (QED) is 0.893. The molecule has 7 heteroatoms. The van der Waals surface area contributed by atoms with Gasteiger partial charge in [0.25, 0.3) is 0 Å². The number of likely N-dealkylation sites (tertiary alicyclic amines) is 1. The Kier molecular flexibility index (Phi) is 4.45. The van der Waals surface area contributed by atoms with Crippen LogP contribution in [0.2, 0.25) is 0 Å². The highest BCUT2D eigenvalue weighted by Crippen LogP contribution is 2.37. The number of fused-ring (bicyclic) bond motifs is 1. The summed E-state index contributed by atoms with van der Waals surface area (Å²) < 4.78 is 12.5. The van der Waals surface area contributed by atoms with Gasteiger partial charge in [-0.25, -0.2) is 4.68 Å². The molecule has 1 fully saturated rings. The summed E-state index contributed by atoms with van der Waals surface area (Å²) in [5.41, 5.74) is 8.00. The number of aryl methyl sites for hydroxylation is 1. The summed E-state index contributed by atoms with van der Waals surface area (Å²) in [5, 5.41) is 4.30. The van der Waals surface area contributed by atoms with E-state index < -0.39 is 0 Å². The molecule has 2 aliphatic heterocycles. The normalized spacial score (nSPS) is 21.5. The molecule has 0 unspecified atom stereocenters. The van der Waals surface area contributed by atoms with Gasteiger partial charge in [0, 0.05) is 19.2 Å². The summed E-state index contributed by atoms with van der Waals surface area (Å²) in [6, 6.07) is 7.90. The second-order valence-electron chi connectivity index (χ2n) is 7.96. The molecule has 0 bridgehead atoms. The fraction of sp³-hybridized carbons (Fsp3) is 0.500. The summed E-state index contributed by atoms with van der Waals surface area (Å²) in [4.78, 5) is 14.7. The number of anilines is 1. The first-order valence-electron chi connectivity index (χ1n) is 9.38. The molecule has 2 aromatic rings. The highest BCUT2D eigenvalue weighted by Gasteiger charge is 2.34. The lowest BCUT2D eigenvalue weighted by Crippen LogP contribution is -2.47. The van der Waals surface area contributed by atoms with E-state index in [-0.39, 0.29) is 24.7 Å². The monoisotopic (exact) mass is 370 g/mol. The van der Waals surface area contributed by atoms with Crippen molar-refractivity contribution < 1.29 is 14.3 Å². The molecule has 2 aliphatic rings. The number of nitrogens with two attached hydrogens (primary N) is 1. The Morgan fingerprint density at radius 1 is 1.30 bits per heavy atom. The minimum absolute atomic E-state index is 0.0349. The van der Waals surface area contributed by atoms with Crippen LogP contribution in [0.5, 0.6) is 11.5 Å². The third kappa shape index (κ3) is 3.72. The molecular weight excluding hydrogens is 344 g/mol. The highest BCUT2D eigenvalue weighted by molar-refractivity contribution is 5.76. The van der Waals surface area contributed by atoms with Crippen molar-refractivity contribution in [2.24, 2.45) is 5.41 Å². The molecule has 1 aromatic heterocycles. The lowest BCUT2D eigenvalue weighted by Gasteiger charge is -2.40. The summed E-state index contributed by atoms with van der Waals surface area (Å²) in [6.45, 7) is 6.13. The zero-order valence-corrected chi connectivity index (χ0v) is 15.9. The first-order valence-corrected chi connectivity index (χ1v) is 9.38. The number of benzene rings is 1. The van der Waals surface area contributed by atoms with Crippen molar-refractivity contribution in [2.75, 3.05) is 25.6 Å². The molecule has 1 aromatic carbocycles. The van der Waals surface area contributed by atoms with Gasteiger partial charge >= 0.3 is 0 Å². The number of nitrogens with zero attached hydrogens (tertiary/aromatic N) is 3. The predicted octanol–water partition coefficient (Wildman–Crippen LogP) is 2.37. The van der Waals surface area contributed by atoms with Crippen molar-refractivity contribution in [3.8, 4) is 11.5 Å². The number of carbonyl (C=O) groups excluding carboxylic acids is 1. The number of hydrogen-bond acceptors (Lipinski definition) is 5. The smallest absolute Gasteiger partial charge is 0.244 e. The van der Waals surface area contributed by atoms with Gasteiger partial charge in [0.1, 0.15) is 12.4 Å². The Hall–Kier alpha value is -2.70. The molecule has 144 valence electrons. The second kappa shape index (κ2) is 6.79. The third-order valence-electron chi connectivity index (χ3n) is 5.42. The maximum Gasteiger partial charge on any atom is 0.244 e. The fourth-order valence-electron chi connectivity index (χ4n) is 4.14. The minimum atomic E-state index is 0.0349. The molecule has 1 saturated heterocycles. The molecule has 1 atom stereocenters. The van der Waals surface area contributed by atoms with E-state index >= 15 is 0 Å². The van der Waals surface area contributed by atoms with Crippen molar-refractivity contribution in [1.82, 2.24) is 14.7 Å². The molecule has 3 heterocycles. The summed E-state index contributed by atoms with van der Waals surface area (Å²) in [6.07, 6.45) is 2.99. The SMILES string of the molecule is Cc1cc(N)n(CC(=O)N2CCC[C@](C)(Cc3ccc4c(c3)OCO4)C2)n1. The van der Waals surface area contributed by atoms with Gasteiger partial charge in [-0.05, 0) is 49.3 Å². The van der Waals surface area contributed by atoms with Crippen LogP contribution >= 0.6 is 0 Å². The summed E-state index contributed by atoms with van der Waals surface area (Å²) >= 11 is 0. The highest BCUT2D eigenvalue weighted by atomic mass is 16.7. The number of rotatable bonds is 4. The predicted molar refractivity (Wildman–Crippen MR) is 102 cm³/mol. The van der Waals surface area contributed by atoms with E-state index in [0.29, 0.717) is 5.82 Å². The van der Waals surface area contributed by atoms with E-state index in [1.807, 2.05) is 17.9 Å². The van der Waals surface area contributed by atoms with Crippen LogP contribution in [0.4, 0.5) is 5.82 Å². The van der Waals surface area contributed by atoms with Gasteiger partial charge in [0.05, 0.1) is 5.69 Å². The molecule has 7 nitrogen and oxygen atoms in total. The van der Waals surface area contributed by atoms with Crippen molar-refractivity contribution in [1.29, 1.82) is 0 Å². The van der Waals surface area contributed by atoms with Gasteiger partial charge in [-0.2, -0.15) is 5.10 Å². The van der Waals surface area contributed by atoms with E-state index in [1.54, 1.807) is 10.7 Å². The topological polar surface area (TPSA) is 82.6 Å². The lowest BCUT2D eigenvalue weighted by atomic mass is 9.77. The third-order valence-corrected chi connectivity index (χ3v) is 5.42. The lowest BCUT2D eigenvalue weighted by molar-refractivity contribution is -0.135. The average Bonchev–Trinajstić information content (AvgIpc) is 3.20. The van der Waals surface area contributed by atoms with Gasteiger partial charge < -0.3 is 20.1 Å². The fourth-order valence-corrected chi connectivity index (χ4v) is 4.14. The second-order valence-corrected chi connectivity index (χ2v) is 7.96. The molecule has 0 radical (unpaired) electrons. The molecule has 0 aliphatic carbocycles. The van der Waals surface area contributed by atoms with Crippen molar-refractivity contribution >= 4 is 11.7 Å². The van der Waals surface area contributed by atoms with Crippen LogP contribution in [-0.4, -0.2) is 40.5 Å². The zero-order chi connectivity index (χ0) is 19.0. The molecule has 27 heavy (non-hydrogen) atoms. The largest absolute Gasteiger partial charge is 0.454 e. The van der Waals surface area contributed by atoms with E-state index in [4.69, 9.17) is 15.2 Å². The number of carbonyl (C=O) groups is 1. The van der Waals surface area contributed by atoms with Crippen molar-refractivity contribution in [3.63, 3.8) is 0 Å². The molecule has 2 N–H and O–H groups in total. The number of amides is 1. The Bertz CT molecular complexity index is 863. The van der Waals surface area contributed by atoms with Gasteiger partial charge in [0.2, 0.25) is 12.7 Å². The van der Waals surface area contributed by atoms with Crippen LogP contribution in [0.1, 0.15) is 31.0 Å². The van der Waals surface area contributed by atoms with Gasteiger partial charge in [-0.1, -0.05) is 13.0 Å². The molecule has 0 saturated carbocycles. The van der Waals surface area contributed by atoms with E-state index in [1.165, 1.54) is 5.56 Å². The average molecular weight is 370 g/mol. The number of piperidine rings is 1. The first-order chi connectivity index (χ1) is 12.9. The van der Waals surface area contributed by atoms with Crippen LogP contribution in [0.25, 0.3) is 0 Å². The maximum atomic E-state index is 12.8. The van der Waals surface area contributed by atoms with Crippen LogP contribution in [0.3, 0.4) is 0 Å². The summed E-state index contributed by atoms with van der Waals surface area (Å²) in [5.74, 6) is 2.21. The van der Waals surface area contributed by atoms with E-state index in [2.05, 4.69) is 24.2 Å². The van der Waals surface area contributed by atoms with Crippen molar-refractivity contribution in [3.05, 3.63) is 35.5 Å². The van der Waals surface area contributed by atoms with Gasteiger partial charge in [-0.15, -0.1) is 0 Å². The Balaban J connectivity index is 1.43. The molecule has 4 rings (SSSR count). The molecule has 1 amide bonds. The number of hydrogen-bond donors (Lipinski definition) is 1. The van der Waals surface area contributed by atoms with E-state index in [0.717, 1.165) is 49.5 Å². The van der Waals surface area contributed by atoms with E-state index in [9.17, 15) is 4.79 Å². The van der Waals surface area contributed by atoms with Crippen LogP contribution in [-0.2, 0) is 17.8 Å². The van der Waals surface area contributed by atoms with Crippen LogP contribution in [0.15, 0.2) is 24.3 Å². The minimum Gasteiger partial charge on any atom is -0.454 e. The Morgan fingerprint density at radius 2 is 2.11 bits per heavy atom. The molecule has 0 spiro atoms. The van der Waals surface area contributed by atoms with Gasteiger partial charge in [0.15, 0.2) is 11.5 Å². The van der Waals surface area contributed by atoms with Crippen LogP contribution in [0, 0.1) is 12.3 Å². The van der Waals surface area contributed by atoms with Crippen molar-refractivity contribution in [2.45, 2.75) is 39.7 Å². The Morgan fingerprint density at radius 3 is 2.89 bits per heavy atom. The number of aromatic nitrogens is 2. The first kappa shape index (κ1) is 17.7. The van der Waals surface area contributed by atoms with Gasteiger partial charge in [-0.3, -0.25) is 4.79 Å². The standard InChI is InChI=1S/C20H26N4O3/c1-14-8-18(21)24(22-14)11-19(25)23-7-3-6-20(2,12-23)10-15-4-5-16-17(9-15)27-13-26-16/h4-5,8-9H,3,6-7,10-13,21H2,1-2H3/t20-/m1/s1.